The van der Waals surface area contributed by atoms with E-state index in [9.17, 15) is 4.79 Å². The van der Waals surface area contributed by atoms with E-state index in [0.717, 1.165) is 24.9 Å². The number of carbonyl (C=O) groups is 1. The number of likely N-dealkylation sites (N-methyl/N-ethyl adjacent to an activating group) is 1. The second-order valence-corrected chi connectivity index (χ2v) is 5.37. The van der Waals surface area contributed by atoms with Crippen LogP contribution >= 0.6 is 23.2 Å². The lowest BCUT2D eigenvalue weighted by Crippen LogP contribution is -2.36. The summed E-state index contributed by atoms with van der Waals surface area (Å²) in [7, 11) is 1.66. The number of rotatable bonds is 5. The molecule has 1 saturated carbocycles. The standard InChI is InChI=1S/C13H16Cl2N2O/c1-16-13(18)8-17(10-3-4-10)7-9-2-5-11(14)12(15)6-9/h2,5-6,10H,3-4,7-8H2,1H3,(H,16,18). The van der Waals surface area contributed by atoms with E-state index < -0.39 is 0 Å². The number of nitrogens with zero attached hydrogens (tertiary/aromatic N) is 1. The summed E-state index contributed by atoms with van der Waals surface area (Å²) < 4.78 is 0. The van der Waals surface area contributed by atoms with Crippen molar-refractivity contribution >= 4 is 29.1 Å². The number of nitrogens with one attached hydrogen (secondary N) is 1. The van der Waals surface area contributed by atoms with Crippen molar-refractivity contribution in [3.63, 3.8) is 0 Å². The maximum Gasteiger partial charge on any atom is 0.233 e. The molecule has 1 aliphatic rings. The average Bonchev–Trinajstić information content (AvgIpc) is 3.17. The molecule has 3 nitrogen and oxygen atoms in total. The van der Waals surface area contributed by atoms with Crippen LogP contribution in [0.2, 0.25) is 10.0 Å². The predicted molar refractivity (Wildman–Crippen MR) is 74.0 cm³/mol. The summed E-state index contributed by atoms with van der Waals surface area (Å²) in [5.74, 6) is 0.0435. The first-order chi connectivity index (χ1) is 8.60. The molecule has 0 aromatic heterocycles. The summed E-state index contributed by atoms with van der Waals surface area (Å²) >= 11 is 11.9. The second-order valence-electron chi connectivity index (χ2n) is 4.56. The van der Waals surface area contributed by atoms with Crippen LogP contribution in [-0.4, -0.2) is 30.4 Å². The first-order valence-corrected chi connectivity index (χ1v) is 6.74. The lowest BCUT2D eigenvalue weighted by molar-refractivity contribution is -0.122. The molecular formula is C13H16Cl2N2O. The van der Waals surface area contributed by atoms with Gasteiger partial charge in [-0.2, -0.15) is 0 Å². The molecule has 5 heteroatoms. The minimum atomic E-state index is 0.0435. The Morgan fingerprint density at radius 2 is 2.11 bits per heavy atom. The Morgan fingerprint density at radius 3 is 2.67 bits per heavy atom. The summed E-state index contributed by atoms with van der Waals surface area (Å²) in [5.41, 5.74) is 1.08. The maximum absolute atomic E-state index is 11.5. The van der Waals surface area contributed by atoms with Crippen molar-refractivity contribution < 1.29 is 4.79 Å². The summed E-state index contributed by atoms with van der Waals surface area (Å²) in [6.07, 6.45) is 2.33. The van der Waals surface area contributed by atoms with Gasteiger partial charge in [0.2, 0.25) is 5.91 Å². The highest BCUT2D eigenvalue weighted by molar-refractivity contribution is 6.42. The summed E-state index contributed by atoms with van der Waals surface area (Å²) in [6, 6.07) is 6.14. The van der Waals surface area contributed by atoms with E-state index >= 15 is 0 Å². The third kappa shape index (κ3) is 3.61. The van der Waals surface area contributed by atoms with Crippen molar-refractivity contribution in [1.29, 1.82) is 0 Å². The van der Waals surface area contributed by atoms with E-state index in [1.54, 1.807) is 13.1 Å². The van der Waals surface area contributed by atoms with Crippen LogP contribution in [0.3, 0.4) is 0 Å². The highest BCUT2D eigenvalue weighted by Crippen LogP contribution is 2.29. The quantitative estimate of drug-likeness (QED) is 0.903. The zero-order valence-corrected chi connectivity index (χ0v) is 11.8. The fourth-order valence-corrected chi connectivity index (χ4v) is 2.21. The topological polar surface area (TPSA) is 32.3 Å². The van der Waals surface area contributed by atoms with Crippen molar-refractivity contribution in [1.82, 2.24) is 10.2 Å². The van der Waals surface area contributed by atoms with Crippen molar-refractivity contribution in [2.75, 3.05) is 13.6 Å². The summed E-state index contributed by atoms with van der Waals surface area (Å²) in [5, 5.41) is 3.78. The molecule has 1 aliphatic carbocycles. The Morgan fingerprint density at radius 1 is 1.39 bits per heavy atom. The van der Waals surface area contributed by atoms with Crippen LogP contribution in [0.25, 0.3) is 0 Å². The van der Waals surface area contributed by atoms with Crippen LogP contribution < -0.4 is 5.32 Å². The fraction of sp³-hybridized carbons (Fsp3) is 0.462. The van der Waals surface area contributed by atoms with Crippen LogP contribution in [-0.2, 0) is 11.3 Å². The van der Waals surface area contributed by atoms with Crippen LogP contribution in [0.5, 0.6) is 0 Å². The van der Waals surface area contributed by atoms with Crippen LogP contribution in [0.1, 0.15) is 18.4 Å². The van der Waals surface area contributed by atoms with Gasteiger partial charge < -0.3 is 5.32 Å². The van der Waals surface area contributed by atoms with Gasteiger partial charge in [0.05, 0.1) is 16.6 Å². The summed E-state index contributed by atoms with van der Waals surface area (Å²) in [6.45, 7) is 1.16. The summed E-state index contributed by atoms with van der Waals surface area (Å²) in [4.78, 5) is 13.6. The number of hydrogen-bond acceptors (Lipinski definition) is 2. The maximum atomic E-state index is 11.5. The average molecular weight is 287 g/mol. The number of halogens is 2. The van der Waals surface area contributed by atoms with Gasteiger partial charge in [0, 0.05) is 19.6 Å². The Balaban J connectivity index is 2.03. The smallest absolute Gasteiger partial charge is 0.233 e. The first kappa shape index (κ1) is 13.7. The van der Waals surface area contributed by atoms with Gasteiger partial charge in [-0.05, 0) is 30.5 Å². The molecular weight excluding hydrogens is 271 g/mol. The van der Waals surface area contributed by atoms with Crippen molar-refractivity contribution in [2.45, 2.75) is 25.4 Å². The molecule has 0 atom stereocenters. The largest absolute Gasteiger partial charge is 0.358 e. The molecule has 2 rings (SSSR count). The normalized spacial score (nSPS) is 14.9. The van der Waals surface area contributed by atoms with E-state index in [2.05, 4.69) is 10.2 Å². The van der Waals surface area contributed by atoms with Gasteiger partial charge in [0.15, 0.2) is 0 Å². The predicted octanol–water partition coefficient (Wildman–Crippen LogP) is 2.70. The van der Waals surface area contributed by atoms with Crippen LogP contribution in [0.4, 0.5) is 0 Å². The monoisotopic (exact) mass is 286 g/mol. The van der Waals surface area contributed by atoms with Crippen molar-refractivity contribution in [3.05, 3.63) is 33.8 Å². The van der Waals surface area contributed by atoms with Gasteiger partial charge in [-0.3, -0.25) is 9.69 Å². The molecule has 1 fully saturated rings. The molecule has 0 bridgehead atoms. The molecule has 0 unspecified atom stereocenters. The molecule has 1 N–H and O–H groups in total. The van der Waals surface area contributed by atoms with Crippen molar-refractivity contribution in [2.24, 2.45) is 0 Å². The van der Waals surface area contributed by atoms with Gasteiger partial charge in [-0.15, -0.1) is 0 Å². The second kappa shape index (κ2) is 5.91. The highest BCUT2D eigenvalue weighted by Gasteiger charge is 2.30. The van der Waals surface area contributed by atoms with Crippen LogP contribution in [0, 0.1) is 0 Å². The van der Waals surface area contributed by atoms with E-state index in [4.69, 9.17) is 23.2 Å². The fourth-order valence-electron chi connectivity index (χ4n) is 1.89. The molecule has 1 aromatic carbocycles. The molecule has 0 saturated heterocycles. The Bertz CT molecular complexity index is 447. The zero-order valence-electron chi connectivity index (χ0n) is 10.2. The number of amides is 1. The van der Waals surface area contributed by atoms with E-state index in [1.807, 2.05) is 12.1 Å². The van der Waals surface area contributed by atoms with Gasteiger partial charge in [-0.1, -0.05) is 29.3 Å². The molecule has 18 heavy (non-hydrogen) atoms. The molecule has 0 spiro atoms. The molecule has 0 aliphatic heterocycles. The number of benzene rings is 1. The third-order valence-corrected chi connectivity index (χ3v) is 3.80. The Hall–Kier alpha value is -0.770. The number of hydrogen-bond donors (Lipinski definition) is 1. The van der Waals surface area contributed by atoms with E-state index in [1.165, 1.54) is 0 Å². The minimum Gasteiger partial charge on any atom is -0.358 e. The van der Waals surface area contributed by atoms with Gasteiger partial charge >= 0.3 is 0 Å². The molecule has 1 aromatic rings. The zero-order chi connectivity index (χ0) is 13.1. The SMILES string of the molecule is CNC(=O)CN(Cc1ccc(Cl)c(Cl)c1)C1CC1. The third-order valence-electron chi connectivity index (χ3n) is 3.06. The Labute approximate surface area is 117 Å². The van der Waals surface area contributed by atoms with Gasteiger partial charge in [0.1, 0.15) is 0 Å². The lowest BCUT2D eigenvalue weighted by atomic mass is 10.2. The molecule has 98 valence electrons. The van der Waals surface area contributed by atoms with Crippen LogP contribution in [0.15, 0.2) is 18.2 Å². The van der Waals surface area contributed by atoms with E-state index in [-0.39, 0.29) is 5.91 Å². The van der Waals surface area contributed by atoms with Gasteiger partial charge in [0.25, 0.3) is 0 Å². The first-order valence-electron chi connectivity index (χ1n) is 5.98. The highest BCUT2D eigenvalue weighted by atomic mass is 35.5. The van der Waals surface area contributed by atoms with E-state index in [0.29, 0.717) is 22.6 Å². The molecule has 0 heterocycles. The minimum absolute atomic E-state index is 0.0435. The molecule has 1 amide bonds. The lowest BCUT2D eigenvalue weighted by Gasteiger charge is -2.21. The molecule has 0 radical (unpaired) electrons. The Kier molecular flexibility index (Phi) is 4.49. The van der Waals surface area contributed by atoms with Gasteiger partial charge in [-0.25, -0.2) is 0 Å². The van der Waals surface area contributed by atoms with Crippen molar-refractivity contribution in [3.8, 4) is 0 Å². The number of carbonyl (C=O) groups excluding carboxylic acids is 1.